The van der Waals surface area contributed by atoms with Crippen molar-refractivity contribution < 1.29 is 28.6 Å². The van der Waals surface area contributed by atoms with Crippen molar-refractivity contribution in [3.05, 3.63) is 12.2 Å². The summed E-state index contributed by atoms with van der Waals surface area (Å²) in [6.45, 7) is 6.54. The van der Waals surface area contributed by atoms with Gasteiger partial charge in [-0.25, -0.2) is 0 Å². The molecule has 1 unspecified atom stereocenters. The first-order valence-electron chi connectivity index (χ1n) is 21.2. The number of allylic oxidation sites excluding steroid dienone is 2. The van der Waals surface area contributed by atoms with Crippen molar-refractivity contribution >= 4 is 17.9 Å². The predicted octanol–water partition coefficient (Wildman–Crippen LogP) is 13.1. The van der Waals surface area contributed by atoms with Crippen molar-refractivity contribution in [2.45, 2.75) is 232 Å². The van der Waals surface area contributed by atoms with Gasteiger partial charge in [-0.1, -0.05) is 174 Å². The molecule has 49 heavy (non-hydrogen) atoms. The van der Waals surface area contributed by atoms with Gasteiger partial charge in [0, 0.05) is 19.3 Å². The standard InChI is InChI=1S/C43H80O6/c1-4-7-10-13-16-18-20-22-24-25-27-30-33-36-42(45)48-39-40(38-47-41(44)35-32-29-15-12-9-6-3)49-43(46)37-34-31-28-26-23-21-19-17-14-11-8-5-2/h17,19,40H,4-16,18,20-39H2,1-3H3/b19-17-. The Hall–Kier alpha value is -1.85. The molecule has 0 bridgehead atoms. The Labute approximate surface area is 303 Å². The third-order valence-corrected chi connectivity index (χ3v) is 9.27. The first-order chi connectivity index (χ1) is 24.0. The van der Waals surface area contributed by atoms with Crippen LogP contribution in [0.2, 0.25) is 0 Å². The lowest BCUT2D eigenvalue weighted by Crippen LogP contribution is -2.30. The molecule has 1 atom stereocenters. The number of hydrogen-bond donors (Lipinski definition) is 0. The molecule has 0 rings (SSSR count). The van der Waals surface area contributed by atoms with E-state index in [0.717, 1.165) is 64.2 Å². The van der Waals surface area contributed by atoms with Gasteiger partial charge in [-0.15, -0.1) is 0 Å². The van der Waals surface area contributed by atoms with Gasteiger partial charge >= 0.3 is 17.9 Å². The maximum absolute atomic E-state index is 12.6. The van der Waals surface area contributed by atoms with Gasteiger partial charge in [0.1, 0.15) is 13.2 Å². The average molecular weight is 693 g/mol. The van der Waals surface area contributed by atoms with Gasteiger partial charge in [0.2, 0.25) is 0 Å². The molecule has 6 nitrogen and oxygen atoms in total. The minimum atomic E-state index is -0.763. The smallest absolute Gasteiger partial charge is 0.306 e. The highest BCUT2D eigenvalue weighted by Crippen LogP contribution is 2.14. The molecule has 0 aromatic carbocycles. The van der Waals surface area contributed by atoms with Crippen LogP contribution in [0.4, 0.5) is 0 Å². The summed E-state index contributed by atoms with van der Waals surface area (Å²) in [6, 6.07) is 0. The first-order valence-corrected chi connectivity index (χ1v) is 21.2. The van der Waals surface area contributed by atoms with Crippen molar-refractivity contribution in [3.8, 4) is 0 Å². The number of ether oxygens (including phenoxy) is 3. The summed E-state index contributed by atoms with van der Waals surface area (Å²) in [4.78, 5) is 37.4. The van der Waals surface area contributed by atoms with Gasteiger partial charge in [-0.2, -0.15) is 0 Å². The van der Waals surface area contributed by atoms with E-state index in [4.69, 9.17) is 14.2 Å². The second-order valence-electron chi connectivity index (χ2n) is 14.3. The molecule has 0 aromatic heterocycles. The summed E-state index contributed by atoms with van der Waals surface area (Å²) in [5.41, 5.74) is 0. The van der Waals surface area contributed by atoms with Crippen molar-refractivity contribution in [2.24, 2.45) is 0 Å². The Morgan fingerprint density at radius 3 is 1.06 bits per heavy atom. The molecule has 0 radical (unpaired) electrons. The topological polar surface area (TPSA) is 78.9 Å². The van der Waals surface area contributed by atoms with Gasteiger partial charge in [0.15, 0.2) is 6.10 Å². The molecule has 0 aliphatic carbocycles. The number of carbonyl (C=O) groups is 3. The number of hydrogen-bond acceptors (Lipinski definition) is 6. The van der Waals surface area contributed by atoms with Crippen LogP contribution in [-0.4, -0.2) is 37.2 Å². The Bertz CT molecular complexity index is 763. The van der Waals surface area contributed by atoms with Crippen LogP contribution in [0.25, 0.3) is 0 Å². The summed E-state index contributed by atoms with van der Waals surface area (Å²) < 4.78 is 16.6. The normalized spacial score (nSPS) is 12.0. The van der Waals surface area contributed by atoms with Crippen molar-refractivity contribution in [3.63, 3.8) is 0 Å². The third-order valence-electron chi connectivity index (χ3n) is 9.27. The van der Waals surface area contributed by atoms with Gasteiger partial charge in [0.25, 0.3) is 0 Å². The van der Waals surface area contributed by atoms with Gasteiger partial charge in [0.05, 0.1) is 0 Å². The maximum Gasteiger partial charge on any atom is 0.306 e. The summed E-state index contributed by atoms with van der Waals surface area (Å²) in [5, 5.41) is 0. The van der Waals surface area contributed by atoms with Gasteiger partial charge in [-0.05, 0) is 44.9 Å². The van der Waals surface area contributed by atoms with Crippen LogP contribution in [0.15, 0.2) is 12.2 Å². The second-order valence-corrected chi connectivity index (χ2v) is 14.3. The van der Waals surface area contributed by atoms with E-state index in [9.17, 15) is 14.4 Å². The Kier molecular flexibility index (Phi) is 37.5. The third kappa shape index (κ3) is 37.2. The van der Waals surface area contributed by atoms with E-state index in [2.05, 4.69) is 32.9 Å². The van der Waals surface area contributed by atoms with Crippen LogP contribution in [0.5, 0.6) is 0 Å². The minimum absolute atomic E-state index is 0.0702. The van der Waals surface area contributed by atoms with E-state index in [1.54, 1.807) is 0 Å². The summed E-state index contributed by atoms with van der Waals surface area (Å²) in [6.07, 6.45) is 39.2. The summed E-state index contributed by atoms with van der Waals surface area (Å²) in [7, 11) is 0. The Balaban J connectivity index is 4.28. The molecule has 0 aliphatic heterocycles. The monoisotopic (exact) mass is 693 g/mol. The molecular formula is C43H80O6. The molecule has 0 fully saturated rings. The summed E-state index contributed by atoms with van der Waals surface area (Å²) >= 11 is 0. The number of rotatable bonds is 38. The lowest BCUT2D eigenvalue weighted by atomic mass is 10.0. The highest BCUT2D eigenvalue weighted by atomic mass is 16.6. The molecule has 0 saturated carbocycles. The molecule has 288 valence electrons. The maximum atomic E-state index is 12.6. The summed E-state index contributed by atoms with van der Waals surface area (Å²) in [5.74, 6) is -0.886. The molecule has 0 saturated heterocycles. The van der Waals surface area contributed by atoms with Crippen LogP contribution in [-0.2, 0) is 28.6 Å². The molecule has 6 heteroatoms. The molecule has 0 aromatic rings. The zero-order valence-corrected chi connectivity index (χ0v) is 32.7. The van der Waals surface area contributed by atoms with Crippen LogP contribution >= 0.6 is 0 Å². The van der Waals surface area contributed by atoms with Crippen LogP contribution in [0.3, 0.4) is 0 Å². The van der Waals surface area contributed by atoms with Crippen LogP contribution in [0, 0.1) is 0 Å². The van der Waals surface area contributed by atoms with Gasteiger partial charge < -0.3 is 14.2 Å². The number of carbonyl (C=O) groups excluding carboxylic acids is 3. The van der Waals surface area contributed by atoms with E-state index < -0.39 is 6.10 Å². The first kappa shape index (κ1) is 47.1. The largest absolute Gasteiger partial charge is 0.462 e. The molecule has 0 N–H and O–H groups in total. The fourth-order valence-corrected chi connectivity index (χ4v) is 6.02. The molecule has 0 aliphatic rings. The fourth-order valence-electron chi connectivity index (χ4n) is 6.02. The SMILES string of the molecule is CCCCC/C=C\CCCCCCCC(=O)OC(COC(=O)CCCCCCCC)COC(=O)CCCCCCCCCCCCCCC. The van der Waals surface area contributed by atoms with E-state index in [-0.39, 0.29) is 31.1 Å². The van der Waals surface area contributed by atoms with E-state index in [0.29, 0.717) is 19.3 Å². The van der Waals surface area contributed by atoms with Crippen molar-refractivity contribution in [1.29, 1.82) is 0 Å². The zero-order chi connectivity index (χ0) is 35.9. The average Bonchev–Trinajstić information content (AvgIpc) is 3.10. The molecule has 0 spiro atoms. The van der Waals surface area contributed by atoms with Gasteiger partial charge in [-0.3, -0.25) is 14.4 Å². The number of unbranched alkanes of at least 4 members (excludes halogenated alkanes) is 25. The lowest BCUT2D eigenvalue weighted by molar-refractivity contribution is -0.167. The van der Waals surface area contributed by atoms with E-state index >= 15 is 0 Å². The molecular weight excluding hydrogens is 612 g/mol. The predicted molar refractivity (Wildman–Crippen MR) is 206 cm³/mol. The molecule has 0 amide bonds. The van der Waals surface area contributed by atoms with E-state index in [1.165, 1.54) is 122 Å². The Morgan fingerprint density at radius 1 is 0.388 bits per heavy atom. The Morgan fingerprint density at radius 2 is 0.673 bits per heavy atom. The van der Waals surface area contributed by atoms with Crippen LogP contribution < -0.4 is 0 Å². The highest BCUT2D eigenvalue weighted by molar-refractivity contribution is 5.71. The number of esters is 3. The fraction of sp³-hybridized carbons (Fsp3) is 0.884. The van der Waals surface area contributed by atoms with Crippen molar-refractivity contribution in [2.75, 3.05) is 13.2 Å². The van der Waals surface area contributed by atoms with Crippen LogP contribution in [0.1, 0.15) is 226 Å². The molecule has 0 heterocycles. The highest BCUT2D eigenvalue weighted by Gasteiger charge is 2.19. The zero-order valence-electron chi connectivity index (χ0n) is 32.7. The minimum Gasteiger partial charge on any atom is -0.462 e. The van der Waals surface area contributed by atoms with Crippen molar-refractivity contribution in [1.82, 2.24) is 0 Å². The lowest BCUT2D eigenvalue weighted by Gasteiger charge is -2.18. The van der Waals surface area contributed by atoms with E-state index in [1.807, 2.05) is 0 Å². The quantitative estimate of drug-likeness (QED) is 0.0277. The second kappa shape index (κ2) is 38.9.